The average molecular weight is 760 g/mol. The van der Waals surface area contributed by atoms with E-state index in [2.05, 4.69) is 196 Å². The molecule has 0 spiro atoms. The number of fused-ring (bicyclic) bond motifs is 6. The summed E-state index contributed by atoms with van der Waals surface area (Å²) in [6.45, 7) is 8.51. The Morgan fingerprint density at radius 1 is 0.649 bits per heavy atom. The van der Waals surface area contributed by atoms with E-state index in [-0.39, 0.29) is 0 Å². The summed E-state index contributed by atoms with van der Waals surface area (Å²) in [6.07, 6.45) is 14.3. The smallest absolute Gasteiger partial charge is 0.127 e. The Kier molecular flexibility index (Phi) is 10.2. The van der Waals surface area contributed by atoms with Crippen LogP contribution in [0.4, 0.5) is 5.69 Å². The maximum absolute atomic E-state index is 6.47. The monoisotopic (exact) mass is 759 g/mol. The van der Waals surface area contributed by atoms with Crippen molar-refractivity contribution in [2.75, 3.05) is 24.7 Å². The summed E-state index contributed by atoms with van der Waals surface area (Å²) in [5.41, 5.74) is 8.75. The number of aryl methyl sites for hydroxylation is 2. The van der Waals surface area contributed by atoms with Crippen LogP contribution >= 0.6 is 11.3 Å². The summed E-state index contributed by atoms with van der Waals surface area (Å²) in [4.78, 5) is 3.59. The molecule has 1 aromatic heterocycles. The molecule has 4 heteroatoms. The lowest BCUT2D eigenvalue weighted by molar-refractivity contribution is 0.326. The fourth-order valence-electron chi connectivity index (χ4n) is 7.88. The lowest BCUT2D eigenvalue weighted by Gasteiger charge is -2.29. The second-order valence-corrected chi connectivity index (χ2v) is 15.9. The molecule has 0 fully saturated rings. The maximum Gasteiger partial charge on any atom is 0.127 e. The average Bonchev–Trinajstić information content (AvgIpc) is 3.61. The number of hydrogen-bond donors (Lipinski definition) is 0. The van der Waals surface area contributed by atoms with Crippen LogP contribution in [0.1, 0.15) is 34.1 Å². The molecule has 3 nitrogen and oxygen atoms in total. The lowest BCUT2D eigenvalue weighted by atomic mass is 9.94. The predicted molar refractivity (Wildman–Crippen MR) is 245 cm³/mol. The van der Waals surface area contributed by atoms with Crippen LogP contribution in [0, 0.1) is 13.8 Å². The van der Waals surface area contributed by atoms with Crippen LogP contribution in [0.15, 0.2) is 170 Å². The summed E-state index contributed by atoms with van der Waals surface area (Å²) >= 11 is 1.88. The lowest BCUT2D eigenvalue weighted by Crippen LogP contribution is -2.25. The standard InChI is InChI=1S/C53H45NO2S/c1-36(22-24-42-28-30-54(49-35-38(3)37(2)34-48(42)49)31-33-56-51-21-11-16-40-13-5-8-18-44(40)51)23-27-52-46(47-26-25-41-14-6-9-19-45(41)53(47)57-52)29-32-55-50-20-10-15-39-12-4-7-17-43(39)50/h4-28,30,34-35H,29,31-33H2,1-3H3/b27-23+,36-22+,42-24+. The molecule has 57 heavy (non-hydrogen) atoms. The number of thiophene rings is 1. The topological polar surface area (TPSA) is 21.7 Å². The van der Waals surface area contributed by atoms with Gasteiger partial charge >= 0.3 is 0 Å². The largest absolute Gasteiger partial charge is 0.493 e. The summed E-state index contributed by atoms with van der Waals surface area (Å²) in [5, 5.41) is 8.56. The second-order valence-electron chi connectivity index (χ2n) is 14.8. The van der Waals surface area contributed by atoms with Gasteiger partial charge in [0.15, 0.2) is 0 Å². The van der Waals surface area contributed by atoms with Gasteiger partial charge in [-0.1, -0.05) is 133 Å². The molecule has 280 valence electrons. The van der Waals surface area contributed by atoms with Crippen molar-refractivity contribution >= 4 is 71.1 Å². The van der Waals surface area contributed by atoms with Crippen LogP contribution in [0.3, 0.4) is 0 Å². The molecule has 0 saturated carbocycles. The molecule has 0 unspecified atom stereocenters. The first kappa shape index (κ1) is 36.3. The highest BCUT2D eigenvalue weighted by molar-refractivity contribution is 7.21. The van der Waals surface area contributed by atoms with E-state index in [1.54, 1.807) is 0 Å². The van der Waals surface area contributed by atoms with Crippen molar-refractivity contribution in [2.45, 2.75) is 27.2 Å². The number of rotatable bonds is 11. The molecule has 0 N–H and O–H groups in total. The van der Waals surface area contributed by atoms with Crippen molar-refractivity contribution in [3.05, 3.63) is 197 Å². The first-order valence-corrected chi connectivity index (χ1v) is 20.6. The molecular formula is C53H45NO2S. The van der Waals surface area contributed by atoms with E-state index in [1.807, 2.05) is 11.3 Å². The third kappa shape index (κ3) is 7.49. The molecule has 0 aliphatic carbocycles. The van der Waals surface area contributed by atoms with Gasteiger partial charge in [-0.3, -0.25) is 0 Å². The zero-order valence-electron chi connectivity index (χ0n) is 32.7. The van der Waals surface area contributed by atoms with E-state index in [0.717, 1.165) is 35.2 Å². The number of nitrogens with zero attached hydrogens (tertiary/aromatic N) is 1. The van der Waals surface area contributed by atoms with Gasteiger partial charge in [0.2, 0.25) is 0 Å². The summed E-state index contributed by atoms with van der Waals surface area (Å²) < 4.78 is 14.2. The molecule has 0 saturated heterocycles. The van der Waals surface area contributed by atoms with Gasteiger partial charge in [0, 0.05) is 44.2 Å². The van der Waals surface area contributed by atoms with Crippen LogP contribution in [0.2, 0.25) is 0 Å². The molecular weight excluding hydrogens is 715 g/mol. The molecule has 2 heterocycles. The Hall–Kier alpha value is -6.36. The quantitative estimate of drug-likeness (QED) is 0.123. The minimum absolute atomic E-state index is 0.582. The van der Waals surface area contributed by atoms with Crippen molar-refractivity contribution < 1.29 is 9.47 Å². The van der Waals surface area contributed by atoms with E-state index < -0.39 is 0 Å². The van der Waals surface area contributed by atoms with E-state index in [9.17, 15) is 0 Å². The first-order chi connectivity index (χ1) is 28.0. The third-order valence-corrected chi connectivity index (χ3v) is 12.3. The molecule has 0 atom stereocenters. The van der Waals surface area contributed by atoms with E-state index in [4.69, 9.17) is 9.47 Å². The zero-order chi connectivity index (χ0) is 38.7. The highest BCUT2D eigenvalue weighted by atomic mass is 32.1. The second kappa shape index (κ2) is 16.0. The minimum Gasteiger partial charge on any atom is -0.493 e. The first-order valence-electron chi connectivity index (χ1n) is 19.8. The highest BCUT2D eigenvalue weighted by Gasteiger charge is 2.18. The SMILES string of the molecule is CC(/C=C/c1sc2c(ccc3ccccc32)c1CCOc1cccc2ccccc12)=C\C=C1/C=CN(CCOc2cccc3ccccc23)c2cc(C)c(C)cc21. The Balaban J connectivity index is 0.961. The van der Waals surface area contributed by atoms with Crippen molar-refractivity contribution in [3.63, 3.8) is 0 Å². The Morgan fingerprint density at radius 2 is 1.26 bits per heavy atom. The van der Waals surface area contributed by atoms with Gasteiger partial charge in [-0.25, -0.2) is 0 Å². The van der Waals surface area contributed by atoms with Crippen LogP contribution < -0.4 is 14.4 Å². The van der Waals surface area contributed by atoms with Gasteiger partial charge in [0.05, 0.1) is 13.2 Å². The number of hydrogen-bond acceptors (Lipinski definition) is 4. The third-order valence-electron chi connectivity index (χ3n) is 11.1. The Bertz CT molecular complexity index is 2900. The molecule has 0 amide bonds. The van der Waals surface area contributed by atoms with Gasteiger partial charge in [0.1, 0.15) is 18.1 Å². The Labute approximate surface area is 339 Å². The van der Waals surface area contributed by atoms with Crippen molar-refractivity contribution in [3.8, 4) is 11.5 Å². The van der Waals surface area contributed by atoms with E-state index in [0.29, 0.717) is 13.2 Å². The predicted octanol–water partition coefficient (Wildman–Crippen LogP) is 14.1. The fraction of sp³-hybridized carbons (Fsp3) is 0.132. The van der Waals surface area contributed by atoms with Crippen LogP contribution in [-0.4, -0.2) is 19.8 Å². The number of benzene rings is 7. The van der Waals surface area contributed by atoms with Crippen LogP contribution in [0.5, 0.6) is 11.5 Å². The molecule has 1 aliphatic heterocycles. The van der Waals surface area contributed by atoms with Gasteiger partial charge in [0.25, 0.3) is 0 Å². The minimum atomic E-state index is 0.582. The highest BCUT2D eigenvalue weighted by Crippen LogP contribution is 2.39. The molecule has 1 aliphatic rings. The van der Waals surface area contributed by atoms with Crippen LogP contribution in [0.25, 0.3) is 54.1 Å². The zero-order valence-corrected chi connectivity index (χ0v) is 33.5. The van der Waals surface area contributed by atoms with Crippen LogP contribution in [-0.2, 0) is 6.42 Å². The summed E-state index contributed by atoms with van der Waals surface area (Å²) in [7, 11) is 0. The molecule has 7 aromatic carbocycles. The van der Waals surface area contributed by atoms with Crippen molar-refractivity contribution in [1.29, 1.82) is 0 Å². The van der Waals surface area contributed by atoms with E-state index in [1.165, 1.54) is 75.6 Å². The summed E-state index contributed by atoms with van der Waals surface area (Å²) in [6, 6.07) is 47.2. The van der Waals surface area contributed by atoms with Gasteiger partial charge in [-0.05, 0) is 106 Å². The number of allylic oxidation sites excluding steroid dienone is 6. The van der Waals surface area contributed by atoms with Crippen molar-refractivity contribution in [2.24, 2.45) is 0 Å². The Morgan fingerprint density at radius 3 is 1.98 bits per heavy atom. The number of anilines is 1. The normalized spacial score (nSPS) is 13.8. The maximum atomic E-state index is 6.47. The molecule has 8 aromatic rings. The molecule has 0 radical (unpaired) electrons. The number of ether oxygens (including phenoxy) is 2. The molecule has 9 rings (SSSR count). The molecule has 0 bridgehead atoms. The fourth-order valence-corrected chi connectivity index (χ4v) is 9.17. The summed E-state index contributed by atoms with van der Waals surface area (Å²) in [5.74, 6) is 1.86. The van der Waals surface area contributed by atoms with Gasteiger partial charge < -0.3 is 14.4 Å². The van der Waals surface area contributed by atoms with Gasteiger partial charge in [-0.15, -0.1) is 11.3 Å². The van der Waals surface area contributed by atoms with E-state index >= 15 is 0 Å². The van der Waals surface area contributed by atoms with Crippen molar-refractivity contribution in [1.82, 2.24) is 0 Å². The van der Waals surface area contributed by atoms with Gasteiger partial charge in [-0.2, -0.15) is 0 Å².